The third-order valence-electron chi connectivity index (χ3n) is 2.15. The summed E-state index contributed by atoms with van der Waals surface area (Å²) in [6.07, 6.45) is 1.27. The Hall–Kier alpha value is 0.950. The molecule has 0 aromatic carbocycles. The minimum Gasteiger partial charge on any atom is -0.132 e. The van der Waals surface area contributed by atoms with E-state index in [1.807, 2.05) is 11.3 Å². The standard InChI is InChI=1S/C8H7Br2ClS/c9-6-2-7(12-8(6)10)5-1-4(5)3-11/h2,4-5H,1,3H2. The lowest BCUT2D eigenvalue weighted by Gasteiger charge is -1.89. The molecule has 66 valence electrons. The molecule has 0 radical (unpaired) electrons. The molecule has 2 rings (SSSR count). The molecule has 1 aliphatic rings. The number of hydrogen-bond donors (Lipinski definition) is 0. The molecular formula is C8H7Br2ClS. The van der Waals surface area contributed by atoms with Crippen LogP contribution in [0.1, 0.15) is 17.2 Å². The van der Waals surface area contributed by atoms with Gasteiger partial charge in [-0.3, -0.25) is 0 Å². The van der Waals surface area contributed by atoms with E-state index in [0.717, 1.165) is 17.7 Å². The van der Waals surface area contributed by atoms with Crippen molar-refractivity contribution in [3.05, 3.63) is 19.2 Å². The molecular weight excluding hydrogens is 323 g/mol. The first-order chi connectivity index (χ1) is 5.72. The second-order valence-corrected chi connectivity index (χ2v) is 6.59. The Labute approximate surface area is 97.6 Å². The molecule has 0 aliphatic heterocycles. The van der Waals surface area contributed by atoms with Gasteiger partial charge in [0.05, 0.1) is 3.79 Å². The Balaban J connectivity index is 2.15. The highest BCUT2D eigenvalue weighted by molar-refractivity contribution is 9.13. The highest BCUT2D eigenvalue weighted by atomic mass is 79.9. The van der Waals surface area contributed by atoms with E-state index in [1.54, 1.807) is 0 Å². The van der Waals surface area contributed by atoms with Crippen molar-refractivity contribution >= 4 is 54.8 Å². The van der Waals surface area contributed by atoms with E-state index in [9.17, 15) is 0 Å². The highest BCUT2D eigenvalue weighted by Gasteiger charge is 2.38. The zero-order valence-corrected chi connectivity index (χ0v) is 10.9. The summed E-state index contributed by atoms with van der Waals surface area (Å²) in [7, 11) is 0. The van der Waals surface area contributed by atoms with Gasteiger partial charge in [0.25, 0.3) is 0 Å². The number of thiophene rings is 1. The van der Waals surface area contributed by atoms with Crippen molar-refractivity contribution in [1.29, 1.82) is 0 Å². The third-order valence-corrected chi connectivity index (χ3v) is 5.93. The first-order valence-electron chi connectivity index (χ1n) is 3.73. The fourth-order valence-electron chi connectivity index (χ4n) is 1.31. The quantitative estimate of drug-likeness (QED) is 0.694. The average Bonchev–Trinajstić information content (AvgIpc) is 2.75. The van der Waals surface area contributed by atoms with E-state index < -0.39 is 0 Å². The zero-order valence-electron chi connectivity index (χ0n) is 6.19. The summed E-state index contributed by atoms with van der Waals surface area (Å²) < 4.78 is 2.36. The predicted octanol–water partition coefficient (Wildman–Crippen LogP) is 4.62. The molecule has 0 N–H and O–H groups in total. The second kappa shape index (κ2) is 3.60. The van der Waals surface area contributed by atoms with Crippen molar-refractivity contribution in [3.8, 4) is 0 Å². The van der Waals surface area contributed by atoms with Gasteiger partial charge in [-0.1, -0.05) is 0 Å². The smallest absolute Gasteiger partial charge is 0.0843 e. The molecule has 2 atom stereocenters. The van der Waals surface area contributed by atoms with Crippen molar-refractivity contribution in [2.24, 2.45) is 5.92 Å². The van der Waals surface area contributed by atoms with Crippen LogP contribution in [0.5, 0.6) is 0 Å². The average molecular weight is 330 g/mol. The lowest BCUT2D eigenvalue weighted by molar-refractivity contribution is 0.935. The highest BCUT2D eigenvalue weighted by Crippen LogP contribution is 2.52. The maximum atomic E-state index is 5.77. The Kier molecular flexibility index (Phi) is 2.85. The van der Waals surface area contributed by atoms with Gasteiger partial charge >= 0.3 is 0 Å². The van der Waals surface area contributed by atoms with Crippen LogP contribution in [0.4, 0.5) is 0 Å². The van der Waals surface area contributed by atoms with Crippen LogP contribution >= 0.6 is 54.8 Å². The van der Waals surface area contributed by atoms with Gasteiger partial charge in [-0.25, -0.2) is 0 Å². The van der Waals surface area contributed by atoms with Crippen LogP contribution in [-0.4, -0.2) is 5.88 Å². The van der Waals surface area contributed by atoms with Gasteiger partial charge in [-0.2, -0.15) is 0 Å². The summed E-state index contributed by atoms with van der Waals surface area (Å²) in [5, 5.41) is 0. The Morgan fingerprint density at radius 3 is 2.75 bits per heavy atom. The van der Waals surface area contributed by atoms with Gasteiger partial charge in [0.15, 0.2) is 0 Å². The number of halogens is 3. The number of rotatable bonds is 2. The minimum absolute atomic E-state index is 0.726. The van der Waals surface area contributed by atoms with E-state index in [1.165, 1.54) is 19.6 Å². The molecule has 12 heavy (non-hydrogen) atoms. The first kappa shape index (κ1) is 9.50. The van der Waals surface area contributed by atoms with E-state index in [2.05, 4.69) is 37.9 Å². The topological polar surface area (TPSA) is 0 Å². The SMILES string of the molecule is ClCC1CC1c1cc(Br)c(Br)s1. The molecule has 1 aliphatic carbocycles. The van der Waals surface area contributed by atoms with Gasteiger partial charge in [0.1, 0.15) is 0 Å². The van der Waals surface area contributed by atoms with Crippen molar-refractivity contribution in [3.63, 3.8) is 0 Å². The van der Waals surface area contributed by atoms with Crippen LogP contribution in [0, 0.1) is 5.92 Å². The summed E-state index contributed by atoms with van der Waals surface area (Å²) in [5.41, 5.74) is 0. The van der Waals surface area contributed by atoms with Crippen LogP contribution < -0.4 is 0 Å². The lowest BCUT2D eigenvalue weighted by Crippen LogP contribution is -1.78. The van der Waals surface area contributed by atoms with Crippen molar-refractivity contribution < 1.29 is 0 Å². The lowest BCUT2D eigenvalue weighted by atomic mass is 10.3. The van der Waals surface area contributed by atoms with E-state index in [-0.39, 0.29) is 0 Å². The van der Waals surface area contributed by atoms with Crippen molar-refractivity contribution in [2.75, 3.05) is 5.88 Å². The Morgan fingerprint density at radius 1 is 1.58 bits per heavy atom. The normalized spacial score (nSPS) is 27.6. The Bertz CT molecular complexity index is 278. The monoisotopic (exact) mass is 328 g/mol. The van der Waals surface area contributed by atoms with Crippen molar-refractivity contribution in [1.82, 2.24) is 0 Å². The van der Waals surface area contributed by atoms with Gasteiger partial charge in [-0.15, -0.1) is 22.9 Å². The zero-order chi connectivity index (χ0) is 8.72. The van der Waals surface area contributed by atoms with Gasteiger partial charge in [0, 0.05) is 15.2 Å². The van der Waals surface area contributed by atoms with Crippen LogP contribution in [0.2, 0.25) is 0 Å². The molecule has 0 bridgehead atoms. The Morgan fingerprint density at radius 2 is 2.33 bits per heavy atom. The molecule has 4 heteroatoms. The molecule has 0 nitrogen and oxygen atoms in total. The summed E-state index contributed by atoms with van der Waals surface area (Å²) in [6.45, 7) is 0. The predicted molar refractivity (Wildman–Crippen MR) is 61.3 cm³/mol. The molecule has 0 spiro atoms. The molecule has 1 aromatic heterocycles. The van der Waals surface area contributed by atoms with E-state index >= 15 is 0 Å². The molecule has 1 fully saturated rings. The summed E-state index contributed by atoms with van der Waals surface area (Å²) in [4.78, 5) is 1.46. The summed E-state index contributed by atoms with van der Waals surface area (Å²) >= 11 is 14.6. The second-order valence-electron chi connectivity index (χ2n) is 3.03. The van der Waals surface area contributed by atoms with Gasteiger partial charge in [-0.05, 0) is 56.2 Å². The van der Waals surface area contributed by atoms with Crippen LogP contribution in [0.15, 0.2) is 14.3 Å². The molecule has 0 amide bonds. The molecule has 1 aromatic rings. The van der Waals surface area contributed by atoms with E-state index in [0.29, 0.717) is 0 Å². The maximum absolute atomic E-state index is 5.77. The molecule has 2 unspecified atom stereocenters. The molecule has 1 saturated carbocycles. The number of alkyl halides is 1. The van der Waals surface area contributed by atoms with E-state index in [4.69, 9.17) is 11.6 Å². The number of hydrogen-bond acceptors (Lipinski definition) is 1. The summed E-state index contributed by atoms with van der Waals surface area (Å²) in [5.74, 6) is 2.26. The van der Waals surface area contributed by atoms with Crippen LogP contribution in [-0.2, 0) is 0 Å². The fourth-order valence-corrected chi connectivity index (χ4v) is 3.95. The van der Waals surface area contributed by atoms with Crippen LogP contribution in [0.3, 0.4) is 0 Å². The van der Waals surface area contributed by atoms with Gasteiger partial charge in [0.2, 0.25) is 0 Å². The third kappa shape index (κ3) is 1.74. The summed E-state index contributed by atoms with van der Waals surface area (Å²) in [6, 6.07) is 2.20. The van der Waals surface area contributed by atoms with Gasteiger partial charge < -0.3 is 0 Å². The fraction of sp³-hybridized carbons (Fsp3) is 0.500. The van der Waals surface area contributed by atoms with Crippen LogP contribution in [0.25, 0.3) is 0 Å². The molecule has 1 heterocycles. The largest absolute Gasteiger partial charge is 0.132 e. The minimum atomic E-state index is 0.726. The molecule has 0 saturated heterocycles. The maximum Gasteiger partial charge on any atom is 0.0843 e. The first-order valence-corrected chi connectivity index (χ1v) is 6.66. The van der Waals surface area contributed by atoms with Crippen molar-refractivity contribution in [2.45, 2.75) is 12.3 Å².